The van der Waals surface area contributed by atoms with E-state index in [0.29, 0.717) is 12.3 Å². The highest BCUT2D eigenvalue weighted by molar-refractivity contribution is 6.02. The first-order valence-corrected chi connectivity index (χ1v) is 6.77. The van der Waals surface area contributed by atoms with Gasteiger partial charge in [-0.15, -0.1) is 0 Å². The van der Waals surface area contributed by atoms with Crippen molar-refractivity contribution >= 4 is 11.6 Å². The number of rotatable bonds is 1. The van der Waals surface area contributed by atoms with Crippen molar-refractivity contribution in [2.45, 2.75) is 32.1 Å². The number of nitrogens with one attached hydrogen (secondary N) is 1. The van der Waals surface area contributed by atoms with Crippen LogP contribution in [0.15, 0.2) is 12.1 Å². The first-order chi connectivity index (χ1) is 8.66. The summed E-state index contributed by atoms with van der Waals surface area (Å²) < 4.78 is 0. The van der Waals surface area contributed by atoms with Crippen LogP contribution in [0.2, 0.25) is 0 Å². The molecule has 0 spiro atoms. The fourth-order valence-electron chi connectivity index (χ4n) is 3.26. The third-order valence-corrected chi connectivity index (χ3v) is 4.15. The quantitative estimate of drug-likeness (QED) is 0.819. The molecule has 2 aliphatic rings. The molecule has 1 aromatic carbocycles. The minimum Gasteiger partial charge on any atom is -0.316 e. The smallest absolute Gasteiger partial charge is 0.231 e. The first kappa shape index (κ1) is 11.7. The first-order valence-electron chi connectivity index (χ1n) is 6.77. The lowest BCUT2D eigenvalue weighted by atomic mass is 9.88. The molecule has 1 N–H and O–H groups in total. The second kappa shape index (κ2) is 4.39. The van der Waals surface area contributed by atoms with Crippen molar-refractivity contribution in [1.82, 2.24) is 5.32 Å². The Morgan fingerprint density at radius 2 is 2.22 bits per heavy atom. The van der Waals surface area contributed by atoms with Gasteiger partial charge in [0, 0.05) is 13.6 Å². The minimum atomic E-state index is 0.223. The molecule has 1 saturated heterocycles. The summed E-state index contributed by atoms with van der Waals surface area (Å²) in [6, 6.07) is 4.43. The van der Waals surface area contributed by atoms with Crippen LogP contribution in [0.3, 0.4) is 0 Å². The zero-order valence-corrected chi connectivity index (χ0v) is 11.1. The molecule has 1 atom stereocenters. The molecule has 18 heavy (non-hydrogen) atoms. The van der Waals surface area contributed by atoms with Crippen LogP contribution in [0.4, 0.5) is 5.69 Å². The van der Waals surface area contributed by atoms with Gasteiger partial charge in [0.15, 0.2) is 0 Å². The van der Waals surface area contributed by atoms with Gasteiger partial charge in [-0.1, -0.05) is 17.7 Å². The topological polar surface area (TPSA) is 32.3 Å². The maximum atomic E-state index is 11.9. The summed E-state index contributed by atoms with van der Waals surface area (Å²) in [5, 5.41) is 3.47. The lowest BCUT2D eigenvalue weighted by Crippen LogP contribution is -2.30. The van der Waals surface area contributed by atoms with E-state index in [-0.39, 0.29) is 5.91 Å². The molecule has 0 radical (unpaired) electrons. The highest BCUT2D eigenvalue weighted by Gasteiger charge is 2.30. The van der Waals surface area contributed by atoms with Crippen molar-refractivity contribution in [3.63, 3.8) is 0 Å². The van der Waals surface area contributed by atoms with E-state index in [4.69, 9.17) is 0 Å². The summed E-state index contributed by atoms with van der Waals surface area (Å²) in [5.74, 6) is 0.779. The predicted octanol–water partition coefficient (Wildman–Crippen LogP) is 1.98. The van der Waals surface area contributed by atoms with Crippen LogP contribution in [-0.4, -0.2) is 26.0 Å². The molecule has 2 heterocycles. The van der Waals surface area contributed by atoms with E-state index >= 15 is 0 Å². The molecule has 0 aromatic heterocycles. The average molecular weight is 244 g/mol. The fraction of sp³-hybridized carbons (Fsp3) is 0.533. The van der Waals surface area contributed by atoms with Crippen molar-refractivity contribution in [3.05, 3.63) is 28.8 Å². The summed E-state index contributed by atoms with van der Waals surface area (Å²) in [4.78, 5) is 13.7. The number of carbonyl (C=O) groups excluding carboxylic acids is 1. The van der Waals surface area contributed by atoms with E-state index in [0.717, 1.165) is 13.1 Å². The number of fused-ring (bicyclic) bond motifs is 1. The highest BCUT2D eigenvalue weighted by Crippen LogP contribution is 2.38. The Labute approximate surface area is 108 Å². The number of hydrogen-bond acceptors (Lipinski definition) is 2. The van der Waals surface area contributed by atoms with Gasteiger partial charge in [-0.2, -0.15) is 0 Å². The molecule has 1 aromatic rings. The van der Waals surface area contributed by atoms with Crippen LogP contribution in [0.25, 0.3) is 0 Å². The number of hydrogen-bond donors (Lipinski definition) is 1. The van der Waals surface area contributed by atoms with Crippen LogP contribution in [0.1, 0.15) is 35.4 Å². The SMILES string of the molecule is Cc1cc2c(c(C3CCCNC3)c1)N(C)C(=O)C2. The lowest BCUT2D eigenvalue weighted by molar-refractivity contribution is -0.117. The van der Waals surface area contributed by atoms with Gasteiger partial charge >= 0.3 is 0 Å². The van der Waals surface area contributed by atoms with Gasteiger partial charge in [0.25, 0.3) is 0 Å². The minimum absolute atomic E-state index is 0.223. The number of anilines is 1. The zero-order valence-electron chi connectivity index (χ0n) is 11.1. The molecule has 2 aliphatic heterocycles. The third kappa shape index (κ3) is 1.83. The number of piperidine rings is 1. The van der Waals surface area contributed by atoms with Gasteiger partial charge in [0.05, 0.1) is 12.1 Å². The van der Waals surface area contributed by atoms with E-state index < -0.39 is 0 Å². The predicted molar refractivity (Wildman–Crippen MR) is 73.1 cm³/mol. The Balaban J connectivity index is 2.06. The molecular formula is C15H20N2O. The van der Waals surface area contributed by atoms with Crippen molar-refractivity contribution in [2.75, 3.05) is 25.0 Å². The van der Waals surface area contributed by atoms with Crippen LogP contribution in [-0.2, 0) is 11.2 Å². The monoisotopic (exact) mass is 244 g/mol. The van der Waals surface area contributed by atoms with Crippen molar-refractivity contribution in [3.8, 4) is 0 Å². The Morgan fingerprint density at radius 1 is 1.39 bits per heavy atom. The second-order valence-corrected chi connectivity index (χ2v) is 5.53. The van der Waals surface area contributed by atoms with E-state index in [9.17, 15) is 4.79 Å². The molecule has 96 valence electrons. The standard InChI is InChI=1S/C15H20N2O/c1-10-6-12-8-14(18)17(2)15(12)13(7-10)11-4-3-5-16-9-11/h6-7,11,16H,3-5,8-9H2,1-2H3. The summed E-state index contributed by atoms with van der Waals surface area (Å²) >= 11 is 0. The van der Waals surface area contributed by atoms with Crippen molar-refractivity contribution in [2.24, 2.45) is 0 Å². The van der Waals surface area contributed by atoms with Crippen LogP contribution in [0, 0.1) is 6.92 Å². The molecule has 0 bridgehead atoms. The second-order valence-electron chi connectivity index (χ2n) is 5.53. The van der Waals surface area contributed by atoms with Gasteiger partial charge in [0.2, 0.25) is 5.91 Å². The summed E-state index contributed by atoms with van der Waals surface area (Å²) in [6.45, 7) is 4.29. The molecule has 0 aliphatic carbocycles. The summed E-state index contributed by atoms with van der Waals surface area (Å²) in [7, 11) is 1.91. The number of nitrogens with zero attached hydrogens (tertiary/aromatic N) is 1. The fourth-order valence-corrected chi connectivity index (χ4v) is 3.26. The Morgan fingerprint density at radius 3 is 2.94 bits per heavy atom. The number of amides is 1. The largest absolute Gasteiger partial charge is 0.316 e. The number of likely N-dealkylation sites (N-methyl/N-ethyl adjacent to an activating group) is 1. The summed E-state index contributed by atoms with van der Waals surface area (Å²) in [6.07, 6.45) is 3.02. The average Bonchev–Trinajstić information content (AvgIpc) is 2.65. The Hall–Kier alpha value is -1.35. The van der Waals surface area contributed by atoms with Gasteiger partial charge in [0.1, 0.15) is 0 Å². The van der Waals surface area contributed by atoms with E-state index in [1.54, 1.807) is 0 Å². The Bertz CT molecular complexity index is 490. The van der Waals surface area contributed by atoms with Crippen molar-refractivity contribution < 1.29 is 4.79 Å². The van der Waals surface area contributed by atoms with E-state index in [1.807, 2.05) is 11.9 Å². The molecule has 3 rings (SSSR count). The maximum absolute atomic E-state index is 11.9. The Kier molecular flexibility index (Phi) is 2.86. The normalized spacial score (nSPS) is 23.3. The molecule has 1 amide bonds. The number of carbonyl (C=O) groups is 1. The summed E-state index contributed by atoms with van der Waals surface area (Å²) in [5.41, 5.74) is 5.03. The van der Waals surface area contributed by atoms with E-state index in [1.165, 1.54) is 35.2 Å². The van der Waals surface area contributed by atoms with Gasteiger partial charge in [-0.25, -0.2) is 0 Å². The van der Waals surface area contributed by atoms with Crippen LogP contribution in [0.5, 0.6) is 0 Å². The molecule has 0 saturated carbocycles. The highest BCUT2D eigenvalue weighted by atomic mass is 16.2. The van der Waals surface area contributed by atoms with Crippen LogP contribution < -0.4 is 10.2 Å². The zero-order chi connectivity index (χ0) is 12.7. The molecular weight excluding hydrogens is 224 g/mol. The maximum Gasteiger partial charge on any atom is 0.231 e. The molecule has 1 fully saturated rings. The van der Waals surface area contributed by atoms with E-state index in [2.05, 4.69) is 24.4 Å². The van der Waals surface area contributed by atoms with Crippen LogP contribution >= 0.6 is 0 Å². The van der Waals surface area contributed by atoms with Gasteiger partial charge < -0.3 is 10.2 Å². The number of benzene rings is 1. The van der Waals surface area contributed by atoms with Crippen molar-refractivity contribution in [1.29, 1.82) is 0 Å². The molecule has 3 nitrogen and oxygen atoms in total. The third-order valence-electron chi connectivity index (χ3n) is 4.15. The van der Waals surface area contributed by atoms with Gasteiger partial charge in [-0.3, -0.25) is 4.79 Å². The van der Waals surface area contributed by atoms with Gasteiger partial charge in [-0.05, 0) is 43.4 Å². The molecule has 3 heteroatoms. The number of aryl methyl sites for hydroxylation is 1. The molecule has 1 unspecified atom stereocenters. The lowest BCUT2D eigenvalue weighted by Gasteiger charge is -2.27.